The molecule has 1 atom stereocenters. The highest BCUT2D eigenvalue weighted by Crippen LogP contribution is 2.11. The van der Waals surface area contributed by atoms with Crippen molar-refractivity contribution in [3.8, 4) is 12.3 Å². The van der Waals surface area contributed by atoms with E-state index in [-0.39, 0.29) is 6.10 Å². The summed E-state index contributed by atoms with van der Waals surface area (Å²) in [5, 5.41) is 12.7. The molecule has 0 unspecified atom stereocenters. The molecule has 0 aliphatic carbocycles. The van der Waals surface area contributed by atoms with E-state index in [2.05, 4.69) is 33.2 Å². The number of aliphatic hydroxyl groups is 1. The Morgan fingerprint density at radius 3 is 3.00 bits per heavy atom. The molecule has 0 aliphatic rings. The van der Waals surface area contributed by atoms with Gasteiger partial charge in [0, 0.05) is 24.0 Å². The fourth-order valence-corrected chi connectivity index (χ4v) is 1.83. The fraction of sp³-hybridized carbons (Fsp3) is 0.385. The quantitative estimate of drug-likeness (QED) is 0.785. The Bertz CT molecular complexity index is 359. The van der Waals surface area contributed by atoms with Gasteiger partial charge in [-0.15, -0.1) is 12.3 Å². The summed E-state index contributed by atoms with van der Waals surface area (Å²) < 4.78 is 1.07. The average Bonchev–Trinajstić information content (AvgIpc) is 2.26. The van der Waals surface area contributed by atoms with Crippen LogP contribution in [-0.4, -0.2) is 17.8 Å². The molecule has 0 aromatic heterocycles. The molecule has 0 heterocycles. The van der Waals surface area contributed by atoms with Crippen molar-refractivity contribution < 1.29 is 5.11 Å². The first-order chi connectivity index (χ1) is 7.72. The Labute approximate surface area is 105 Å². The Morgan fingerprint density at radius 2 is 2.31 bits per heavy atom. The van der Waals surface area contributed by atoms with Crippen LogP contribution < -0.4 is 5.32 Å². The topological polar surface area (TPSA) is 32.3 Å². The zero-order valence-electron chi connectivity index (χ0n) is 9.12. The molecule has 1 aromatic carbocycles. The van der Waals surface area contributed by atoms with Gasteiger partial charge in [-0.3, -0.25) is 0 Å². The third kappa shape index (κ3) is 5.32. The SMILES string of the molecule is C#CCC[C@H](O)CNCc1cccc(Br)c1. The Kier molecular flexibility index (Phi) is 6.17. The van der Waals surface area contributed by atoms with Crippen molar-refractivity contribution in [2.45, 2.75) is 25.5 Å². The van der Waals surface area contributed by atoms with E-state index < -0.39 is 0 Å². The van der Waals surface area contributed by atoms with E-state index in [1.165, 1.54) is 5.56 Å². The lowest BCUT2D eigenvalue weighted by atomic mass is 10.2. The molecule has 0 saturated carbocycles. The number of terminal acetylenes is 1. The van der Waals surface area contributed by atoms with Crippen molar-refractivity contribution >= 4 is 15.9 Å². The molecule has 16 heavy (non-hydrogen) atoms. The molecule has 0 amide bonds. The molecule has 2 N–H and O–H groups in total. The van der Waals surface area contributed by atoms with Crippen molar-refractivity contribution in [3.63, 3.8) is 0 Å². The summed E-state index contributed by atoms with van der Waals surface area (Å²) in [6, 6.07) is 8.09. The first kappa shape index (κ1) is 13.2. The van der Waals surface area contributed by atoms with Crippen molar-refractivity contribution in [1.82, 2.24) is 5.32 Å². The molecule has 1 aromatic rings. The Balaban J connectivity index is 2.23. The summed E-state index contributed by atoms with van der Waals surface area (Å²) in [7, 11) is 0. The number of rotatable bonds is 6. The maximum absolute atomic E-state index is 9.55. The minimum Gasteiger partial charge on any atom is -0.392 e. The number of benzene rings is 1. The highest BCUT2D eigenvalue weighted by Gasteiger charge is 2.02. The summed E-state index contributed by atoms with van der Waals surface area (Å²) in [6.07, 6.45) is 6.05. The van der Waals surface area contributed by atoms with Gasteiger partial charge in [-0.05, 0) is 24.1 Å². The second-order valence-electron chi connectivity index (χ2n) is 3.66. The van der Waals surface area contributed by atoms with Crippen molar-refractivity contribution in [2.24, 2.45) is 0 Å². The summed E-state index contributed by atoms with van der Waals surface area (Å²) in [4.78, 5) is 0. The molecule has 0 radical (unpaired) electrons. The molecule has 0 saturated heterocycles. The monoisotopic (exact) mass is 281 g/mol. The number of nitrogens with one attached hydrogen (secondary N) is 1. The lowest BCUT2D eigenvalue weighted by Gasteiger charge is -2.10. The van der Waals surface area contributed by atoms with Crippen molar-refractivity contribution in [3.05, 3.63) is 34.3 Å². The fourth-order valence-electron chi connectivity index (χ4n) is 1.38. The van der Waals surface area contributed by atoms with Crippen LogP contribution in [0.5, 0.6) is 0 Å². The van der Waals surface area contributed by atoms with Gasteiger partial charge < -0.3 is 10.4 Å². The van der Waals surface area contributed by atoms with Crippen LogP contribution in [0, 0.1) is 12.3 Å². The summed E-state index contributed by atoms with van der Waals surface area (Å²) >= 11 is 3.42. The Morgan fingerprint density at radius 1 is 1.50 bits per heavy atom. The van der Waals surface area contributed by atoms with Crippen LogP contribution in [0.15, 0.2) is 28.7 Å². The number of aliphatic hydroxyl groups excluding tert-OH is 1. The third-order valence-corrected chi connectivity index (χ3v) is 2.71. The van der Waals surface area contributed by atoms with E-state index in [9.17, 15) is 5.11 Å². The largest absolute Gasteiger partial charge is 0.392 e. The summed E-state index contributed by atoms with van der Waals surface area (Å²) in [5.41, 5.74) is 1.19. The van der Waals surface area contributed by atoms with Crippen LogP contribution in [-0.2, 0) is 6.54 Å². The number of halogens is 1. The number of hydrogen-bond donors (Lipinski definition) is 2. The standard InChI is InChI=1S/C13H16BrNO/c1-2-3-7-13(16)10-15-9-11-5-4-6-12(14)8-11/h1,4-6,8,13,15-16H,3,7,9-10H2/t13-/m0/s1. The van der Waals surface area contributed by atoms with Crippen LogP contribution >= 0.6 is 15.9 Å². The zero-order chi connectivity index (χ0) is 11.8. The zero-order valence-corrected chi connectivity index (χ0v) is 10.7. The molecule has 0 spiro atoms. The summed E-state index contributed by atoms with van der Waals surface area (Å²) in [5.74, 6) is 2.52. The Hall–Kier alpha value is -0.820. The highest BCUT2D eigenvalue weighted by atomic mass is 79.9. The first-order valence-corrected chi connectivity index (χ1v) is 6.08. The molecular weight excluding hydrogens is 266 g/mol. The summed E-state index contributed by atoms with van der Waals surface area (Å²) in [6.45, 7) is 1.33. The van der Waals surface area contributed by atoms with Gasteiger partial charge in [-0.25, -0.2) is 0 Å². The second-order valence-corrected chi connectivity index (χ2v) is 4.57. The molecule has 0 aliphatic heterocycles. The molecule has 1 rings (SSSR count). The first-order valence-electron chi connectivity index (χ1n) is 5.29. The van der Waals surface area contributed by atoms with E-state index in [0.29, 0.717) is 19.4 Å². The van der Waals surface area contributed by atoms with Gasteiger partial charge in [0.15, 0.2) is 0 Å². The van der Waals surface area contributed by atoms with Crippen LogP contribution in [0.2, 0.25) is 0 Å². The smallest absolute Gasteiger partial charge is 0.0673 e. The minimum atomic E-state index is -0.358. The average molecular weight is 282 g/mol. The second kappa shape index (κ2) is 7.45. The van der Waals surface area contributed by atoms with Crippen molar-refractivity contribution in [1.29, 1.82) is 0 Å². The van der Waals surface area contributed by atoms with Crippen LogP contribution in [0.25, 0.3) is 0 Å². The van der Waals surface area contributed by atoms with Gasteiger partial charge in [0.25, 0.3) is 0 Å². The predicted molar refractivity (Wildman–Crippen MR) is 69.9 cm³/mol. The van der Waals surface area contributed by atoms with E-state index >= 15 is 0 Å². The maximum Gasteiger partial charge on any atom is 0.0673 e. The lowest BCUT2D eigenvalue weighted by Crippen LogP contribution is -2.26. The van der Waals surface area contributed by atoms with Crippen LogP contribution in [0.3, 0.4) is 0 Å². The molecule has 0 fully saturated rings. The van der Waals surface area contributed by atoms with E-state index in [4.69, 9.17) is 6.42 Å². The van der Waals surface area contributed by atoms with Crippen LogP contribution in [0.4, 0.5) is 0 Å². The van der Waals surface area contributed by atoms with Gasteiger partial charge in [-0.1, -0.05) is 28.1 Å². The normalized spacial score (nSPS) is 12.1. The highest BCUT2D eigenvalue weighted by molar-refractivity contribution is 9.10. The van der Waals surface area contributed by atoms with Gasteiger partial charge in [0.05, 0.1) is 6.10 Å². The number of hydrogen-bond acceptors (Lipinski definition) is 2. The lowest BCUT2D eigenvalue weighted by molar-refractivity contribution is 0.163. The third-order valence-electron chi connectivity index (χ3n) is 2.22. The van der Waals surface area contributed by atoms with Gasteiger partial charge in [0.2, 0.25) is 0 Å². The van der Waals surface area contributed by atoms with E-state index in [1.807, 2.05) is 18.2 Å². The molecule has 86 valence electrons. The minimum absolute atomic E-state index is 0.358. The maximum atomic E-state index is 9.55. The van der Waals surface area contributed by atoms with E-state index in [1.54, 1.807) is 0 Å². The van der Waals surface area contributed by atoms with Gasteiger partial charge in [-0.2, -0.15) is 0 Å². The predicted octanol–water partition coefficient (Wildman–Crippen LogP) is 2.31. The van der Waals surface area contributed by atoms with Crippen molar-refractivity contribution in [2.75, 3.05) is 6.54 Å². The van der Waals surface area contributed by atoms with Gasteiger partial charge >= 0.3 is 0 Å². The molecule has 3 heteroatoms. The van der Waals surface area contributed by atoms with Gasteiger partial charge in [0.1, 0.15) is 0 Å². The molecule has 0 bridgehead atoms. The molecule has 2 nitrogen and oxygen atoms in total. The molecular formula is C13H16BrNO. The van der Waals surface area contributed by atoms with Crippen LogP contribution in [0.1, 0.15) is 18.4 Å². The van der Waals surface area contributed by atoms with E-state index in [0.717, 1.165) is 11.0 Å².